The fourth-order valence-electron chi connectivity index (χ4n) is 2.66. The Bertz CT molecular complexity index is 1320. The number of nitrogens with zero attached hydrogens (tertiary/aromatic N) is 3. The molecular weight excluding hydrogens is 412 g/mol. The van der Waals surface area contributed by atoms with Crippen LogP contribution in [-0.4, -0.2) is 26.8 Å². The van der Waals surface area contributed by atoms with Crippen molar-refractivity contribution in [3.8, 4) is 11.5 Å². The van der Waals surface area contributed by atoms with Crippen molar-refractivity contribution in [3.63, 3.8) is 0 Å². The number of para-hydroxylation sites is 1. The molecule has 0 aliphatic rings. The van der Waals surface area contributed by atoms with Gasteiger partial charge in [0.15, 0.2) is 0 Å². The number of thioether (sulfide) groups is 1. The second-order valence-corrected chi connectivity index (χ2v) is 6.92. The first kappa shape index (κ1) is 19.3. The first-order valence-electron chi connectivity index (χ1n) is 8.53. The van der Waals surface area contributed by atoms with Crippen LogP contribution in [0.4, 0.5) is 11.4 Å². The summed E-state index contributed by atoms with van der Waals surface area (Å²) in [6, 6.07) is 13.8. The van der Waals surface area contributed by atoms with Crippen molar-refractivity contribution in [1.29, 1.82) is 0 Å². The van der Waals surface area contributed by atoms with Gasteiger partial charge in [0.25, 0.3) is 16.8 Å². The van der Waals surface area contributed by atoms with Gasteiger partial charge in [-0.1, -0.05) is 23.9 Å². The number of nitrogens with one attached hydrogen (secondary N) is 1. The van der Waals surface area contributed by atoms with E-state index in [-0.39, 0.29) is 34.0 Å². The fraction of sp³-hybridized carbons (Fsp3) is 0.0526. The van der Waals surface area contributed by atoms with Crippen molar-refractivity contribution in [2.45, 2.75) is 5.22 Å². The lowest BCUT2D eigenvalue weighted by Gasteiger charge is -2.05. The van der Waals surface area contributed by atoms with Gasteiger partial charge >= 0.3 is 5.63 Å². The third-order valence-electron chi connectivity index (χ3n) is 3.97. The summed E-state index contributed by atoms with van der Waals surface area (Å²) in [5, 5.41) is 22.3. The van der Waals surface area contributed by atoms with Crippen molar-refractivity contribution in [1.82, 2.24) is 10.2 Å². The fourth-order valence-corrected chi connectivity index (χ4v) is 3.23. The zero-order valence-corrected chi connectivity index (χ0v) is 15.9. The van der Waals surface area contributed by atoms with Gasteiger partial charge in [-0.15, -0.1) is 10.2 Å². The van der Waals surface area contributed by atoms with Crippen LogP contribution in [0.25, 0.3) is 22.4 Å². The van der Waals surface area contributed by atoms with Crippen LogP contribution in [0, 0.1) is 10.1 Å². The lowest BCUT2D eigenvalue weighted by atomic mass is 10.2. The molecule has 0 unspecified atom stereocenters. The zero-order valence-electron chi connectivity index (χ0n) is 15.1. The van der Waals surface area contributed by atoms with Gasteiger partial charge in [0, 0.05) is 23.2 Å². The molecule has 1 amide bonds. The van der Waals surface area contributed by atoms with Crippen molar-refractivity contribution in [2.75, 3.05) is 11.1 Å². The number of rotatable bonds is 6. The van der Waals surface area contributed by atoms with Crippen LogP contribution in [-0.2, 0) is 4.79 Å². The van der Waals surface area contributed by atoms with Crippen LogP contribution in [0.5, 0.6) is 0 Å². The van der Waals surface area contributed by atoms with E-state index in [1.54, 1.807) is 36.4 Å². The van der Waals surface area contributed by atoms with Crippen molar-refractivity contribution < 1.29 is 18.6 Å². The molecule has 2 aromatic carbocycles. The summed E-state index contributed by atoms with van der Waals surface area (Å²) >= 11 is 1.00. The first-order valence-corrected chi connectivity index (χ1v) is 9.52. The summed E-state index contributed by atoms with van der Waals surface area (Å²) in [6.45, 7) is 0. The molecule has 0 bridgehead atoms. The van der Waals surface area contributed by atoms with Gasteiger partial charge in [0.2, 0.25) is 5.91 Å². The Hall–Kier alpha value is -3.99. The second-order valence-electron chi connectivity index (χ2n) is 5.99. The molecule has 1 N–H and O–H groups in total. The molecule has 0 radical (unpaired) electrons. The van der Waals surface area contributed by atoms with Crippen LogP contribution in [0.1, 0.15) is 0 Å². The summed E-state index contributed by atoms with van der Waals surface area (Å²) in [6.07, 6.45) is 0. The van der Waals surface area contributed by atoms with Gasteiger partial charge in [-0.25, -0.2) is 4.79 Å². The molecule has 4 aromatic rings. The maximum Gasteiger partial charge on any atom is 0.336 e. The van der Waals surface area contributed by atoms with Crippen molar-refractivity contribution in [3.05, 3.63) is 75.1 Å². The SMILES string of the molecule is O=C(CSc1nnc(-c2ccccc2[N+](=O)[O-])o1)Nc1ccc2oc(=O)ccc2c1. The summed E-state index contributed by atoms with van der Waals surface area (Å²) < 4.78 is 10.5. The summed E-state index contributed by atoms with van der Waals surface area (Å²) in [5.74, 6) is -0.330. The molecule has 30 heavy (non-hydrogen) atoms. The number of hydrogen-bond acceptors (Lipinski definition) is 9. The molecule has 11 heteroatoms. The highest BCUT2D eigenvalue weighted by atomic mass is 32.2. The number of nitro groups is 1. The largest absolute Gasteiger partial charge is 0.423 e. The molecule has 0 fully saturated rings. The molecule has 0 atom stereocenters. The van der Waals surface area contributed by atoms with Gasteiger partial charge in [-0.3, -0.25) is 14.9 Å². The third kappa shape index (κ3) is 4.20. The lowest BCUT2D eigenvalue weighted by Crippen LogP contribution is -2.14. The van der Waals surface area contributed by atoms with Crippen LogP contribution in [0.2, 0.25) is 0 Å². The number of hydrogen-bond donors (Lipinski definition) is 1. The van der Waals surface area contributed by atoms with Gasteiger partial charge in [-0.05, 0) is 30.3 Å². The number of fused-ring (bicyclic) bond motifs is 1. The Morgan fingerprint density at radius 3 is 2.77 bits per heavy atom. The average molecular weight is 424 g/mol. The molecule has 4 rings (SSSR count). The predicted octanol–water partition coefficient (Wildman–Crippen LogP) is 3.48. The molecule has 0 spiro atoms. The number of aromatic nitrogens is 2. The van der Waals surface area contributed by atoms with Gasteiger partial charge < -0.3 is 14.2 Å². The Morgan fingerprint density at radius 1 is 1.10 bits per heavy atom. The van der Waals surface area contributed by atoms with E-state index >= 15 is 0 Å². The van der Waals surface area contributed by atoms with E-state index < -0.39 is 10.5 Å². The molecule has 0 aliphatic heterocycles. The number of anilines is 1. The van der Waals surface area contributed by atoms with Crippen molar-refractivity contribution >= 4 is 40.0 Å². The lowest BCUT2D eigenvalue weighted by molar-refractivity contribution is -0.384. The molecular formula is C19H12N4O6S. The normalized spacial score (nSPS) is 10.8. The van der Waals surface area contributed by atoms with Crippen LogP contribution in [0.3, 0.4) is 0 Å². The maximum absolute atomic E-state index is 12.2. The first-order chi connectivity index (χ1) is 14.5. The number of amides is 1. The van der Waals surface area contributed by atoms with Crippen molar-refractivity contribution in [2.24, 2.45) is 0 Å². The average Bonchev–Trinajstić information content (AvgIpc) is 3.21. The maximum atomic E-state index is 12.2. The molecule has 0 saturated carbocycles. The van der Waals surface area contributed by atoms with E-state index in [4.69, 9.17) is 8.83 Å². The quantitative estimate of drug-likeness (QED) is 0.213. The standard InChI is InChI=1S/C19H12N4O6S/c24-16(20-12-6-7-15-11(9-12)5-8-17(25)28-15)10-30-19-22-21-18(29-19)13-3-1-2-4-14(13)23(26)27/h1-9H,10H2,(H,20,24). The third-order valence-corrected chi connectivity index (χ3v) is 4.79. The minimum Gasteiger partial charge on any atom is -0.423 e. The van der Waals surface area contributed by atoms with E-state index in [1.807, 2.05) is 0 Å². The molecule has 2 heterocycles. The topological polar surface area (TPSA) is 141 Å². The molecule has 10 nitrogen and oxygen atoms in total. The van der Waals surface area contributed by atoms with Crippen LogP contribution < -0.4 is 10.9 Å². The van der Waals surface area contributed by atoms with Gasteiger partial charge in [0.1, 0.15) is 11.1 Å². The minimum absolute atomic E-state index is 0.00114. The Kier molecular flexibility index (Phi) is 5.26. The highest BCUT2D eigenvalue weighted by Gasteiger charge is 2.20. The number of carbonyl (C=O) groups excluding carboxylic acids is 1. The summed E-state index contributed by atoms with van der Waals surface area (Å²) in [5.41, 5.74) is 0.559. The van der Waals surface area contributed by atoms with E-state index in [0.717, 1.165) is 11.8 Å². The van der Waals surface area contributed by atoms with E-state index in [0.29, 0.717) is 16.7 Å². The van der Waals surface area contributed by atoms with Gasteiger partial charge in [0.05, 0.1) is 10.7 Å². The highest BCUT2D eigenvalue weighted by Crippen LogP contribution is 2.30. The monoisotopic (exact) mass is 424 g/mol. The molecule has 150 valence electrons. The second kappa shape index (κ2) is 8.17. The Morgan fingerprint density at radius 2 is 1.93 bits per heavy atom. The van der Waals surface area contributed by atoms with E-state index in [2.05, 4.69) is 15.5 Å². The predicted molar refractivity (Wildman–Crippen MR) is 108 cm³/mol. The smallest absolute Gasteiger partial charge is 0.336 e. The summed E-state index contributed by atoms with van der Waals surface area (Å²) in [4.78, 5) is 34.0. The van der Waals surface area contributed by atoms with E-state index in [9.17, 15) is 19.7 Å². The molecule has 0 aliphatic carbocycles. The number of carbonyl (C=O) groups is 1. The van der Waals surface area contributed by atoms with Crippen LogP contribution in [0.15, 0.2) is 73.4 Å². The number of benzene rings is 2. The van der Waals surface area contributed by atoms with Gasteiger partial charge in [-0.2, -0.15) is 0 Å². The van der Waals surface area contributed by atoms with Crippen LogP contribution >= 0.6 is 11.8 Å². The number of nitro benzene ring substituents is 1. The zero-order chi connectivity index (χ0) is 21.1. The summed E-state index contributed by atoms with van der Waals surface area (Å²) in [7, 11) is 0. The Balaban J connectivity index is 1.41. The minimum atomic E-state index is -0.533. The van der Waals surface area contributed by atoms with E-state index in [1.165, 1.54) is 18.2 Å². The molecule has 2 aromatic heterocycles. The molecule has 0 saturated heterocycles. The Labute approximate surface area is 172 Å². The highest BCUT2D eigenvalue weighted by molar-refractivity contribution is 7.99.